The van der Waals surface area contributed by atoms with Crippen molar-refractivity contribution in [3.8, 4) is 11.3 Å². The Hall–Kier alpha value is -3.46. The number of rotatable bonds is 3. The lowest BCUT2D eigenvalue weighted by atomic mass is 9.86. The molecule has 0 saturated carbocycles. The summed E-state index contributed by atoms with van der Waals surface area (Å²) >= 11 is 0. The van der Waals surface area contributed by atoms with E-state index in [1.807, 2.05) is 30.5 Å². The van der Waals surface area contributed by atoms with E-state index in [0.717, 1.165) is 34.0 Å². The van der Waals surface area contributed by atoms with Gasteiger partial charge in [-0.2, -0.15) is 0 Å². The van der Waals surface area contributed by atoms with E-state index in [0.29, 0.717) is 11.3 Å². The second kappa shape index (κ2) is 7.35. The molecule has 5 rings (SSSR count). The summed E-state index contributed by atoms with van der Waals surface area (Å²) in [5.74, 6) is 0. The Labute approximate surface area is 187 Å². The van der Waals surface area contributed by atoms with Crippen LogP contribution in [0.25, 0.3) is 33.3 Å². The molecule has 0 atom stereocenters. The molecule has 0 aliphatic rings. The van der Waals surface area contributed by atoms with Gasteiger partial charge in [0.25, 0.3) is 0 Å². The minimum atomic E-state index is -2.28. The third kappa shape index (κ3) is 3.72. The molecule has 3 heterocycles. The molecule has 0 fully saturated rings. The van der Waals surface area contributed by atoms with Gasteiger partial charge in [-0.05, 0) is 65.7 Å². The zero-order valence-corrected chi connectivity index (χ0v) is 17.9. The van der Waals surface area contributed by atoms with Gasteiger partial charge in [-0.25, -0.2) is 4.98 Å². The second-order valence-electron chi connectivity index (χ2n) is 9.01. The van der Waals surface area contributed by atoms with Crippen LogP contribution < -0.4 is 0 Å². The van der Waals surface area contributed by atoms with E-state index < -0.39 is 6.85 Å². The molecular formula is C28H26N2O. The summed E-state index contributed by atoms with van der Waals surface area (Å²) < 4.78 is 29.0. The number of nitrogens with zero attached hydrogens (tertiary/aromatic N) is 2. The largest absolute Gasteiger partial charge is 0.437 e. The maximum Gasteiger partial charge on any atom is 0.227 e. The van der Waals surface area contributed by atoms with Crippen molar-refractivity contribution in [1.29, 1.82) is 0 Å². The summed E-state index contributed by atoms with van der Waals surface area (Å²) in [7, 11) is 0. The van der Waals surface area contributed by atoms with Crippen LogP contribution in [0, 0.1) is 6.85 Å². The Kier molecular flexibility index (Phi) is 3.85. The van der Waals surface area contributed by atoms with Gasteiger partial charge in [-0.15, -0.1) is 0 Å². The topological polar surface area (TPSA) is 38.9 Å². The van der Waals surface area contributed by atoms with Crippen LogP contribution in [-0.4, -0.2) is 9.97 Å². The normalized spacial score (nSPS) is 13.8. The van der Waals surface area contributed by atoms with Gasteiger partial charge in [-0.1, -0.05) is 57.2 Å². The lowest BCUT2D eigenvalue weighted by Gasteiger charge is -2.19. The van der Waals surface area contributed by atoms with Crippen molar-refractivity contribution in [3.05, 3.63) is 95.3 Å². The average molecular weight is 410 g/mol. The number of furan rings is 1. The van der Waals surface area contributed by atoms with Crippen LogP contribution in [0.5, 0.6) is 0 Å². The minimum absolute atomic E-state index is 0.0261. The van der Waals surface area contributed by atoms with E-state index >= 15 is 0 Å². The molecule has 154 valence electrons. The maximum atomic E-state index is 7.64. The monoisotopic (exact) mass is 409 g/mol. The van der Waals surface area contributed by atoms with Gasteiger partial charge in [0, 0.05) is 32.3 Å². The first-order valence-corrected chi connectivity index (χ1v) is 10.5. The predicted octanol–water partition coefficient (Wildman–Crippen LogP) is 7.24. The first-order chi connectivity index (χ1) is 16.1. The second-order valence-corrected chi connectivity index (χ2v) is 9.01. The zero-order chi connectivity index (χ0) is 24.1. The number of benzene rings is 2. The number of pyridine rings is 2. The highest BCUT2D eigenvalue weighted by atomic mass is 16.3. The zero-order valence-electron chi connectivity index (χ0n) is 20.9. The number of para-hydroxylation sites is 1. The lowest BCUT2D eigenvalue weighted by Crippen LogP contribution is -2.10. The van der Waals surface area contributed by atoms with Gasteiger partial charge in [0.2, 0.25) is 5.71 Å². The molecule has 31 heavy (non-hydrogen) atoms. The van der Waals surface area contributed by atoms with Gasteiger partial charge < -0.3 is 4.42 Å². The molecule has 0 N–H and O–H groups in total. The third-order valence-electron chi connectivity index (χ3n) is 5.69. The van der Waals surface area contributed by atoms with Crippen molar-refractivity contribution in [2.24, 2.45) is 0 Å². The molecule has 5 aromatic rings. The fourth-order valence-corrected chi connectivity index (χ4v) is 3.97. The quantitative estimate of drug-likeness (QED) is 0.315. The molecule has 3 aromatic heterocycles. The molecular weight excluding hydrogens is 380 g/mol. The molecule has 0 aliphatic carbocycles. The number of hydrogen-bond acceptors (Lipinski definition) is 3. The number of fused-ring (bicyclic) bond motifs is 3. The fourth-order valence-electron chi connectivity index (χ4n) is 3.97. The maximum absolute atomic E-state index is 7.64. The van der Waals surface area contributed by atoms with E-state index in [9.17, 15) is 0 Å². The molecule has 0 radical (unpaired) electrons. The highest BCUT2D eigenvalue weighted by molar-refractivity contribution is 6.08. The van der Waals surface area contributed by atoms with Crippen molar-refractivity contribution in [2.75, 3.05) is 0 Å². The van der Waals surface area contributed by atoms with E-state index in [-0.39, 0.29) is 11.1 Å². The van der Waals surface area contributed by atoms with Crippen molar-refractivity contribution in [1.82, 2.24) is 9.97 Å². The molecule has 3 heteroatoms. The van der Waals surface area contributed by atoms with E-state index in [1.165, 1.54) is 11.1 Å². The first kappa shape index (κ1) is 16.3. The van der Waals surface area contributed by atoms with E-state index in [2.05, 4.69) is 61.1 Å². The summed E-state index contributed by atoms with van der Waals surface area (Å²) in [6.45, 7) is 4.37. The molecule has 0 saturated heterocycles. The Morgan fingerprint density at radius 3 is 2.52 bits per heavy atom. The van der Waals surface area contributed by atoms with Crippen LogP contribution in [0.15, 0.2) is 77.3 Å². The average Bonchev–Trinajstić information content (AvgIpc) is 3.16. The number of hydrogen-bond donors (Lipinski definition) is 0. The Morgan fingerprint density at radius 1 is 0.903 bits per heavy atom. The van der Waals surface area contributed by atoms with Gasteiger partial charge in [-0.3, -0.25) is 4.98 Å². The molecule has 3 nitrogen and oxygen atoms in total. The van der Waals surface area contributed by atoms with Crippen molar-refractivity contribution >= 4 is 22.1 Å². The van der Waals surface area contributed by atoms with Crippen molar-refractivity contribution in [3.63, 3.8) is 0 Å². The minimum Gasteiger partial charge on any atom is -0.437 e. The van der Waals surface area contributed by atoms with Gasteiger partial charge >= 0.3 is 0 Å². The molecule has 0 aliphatic heterocycles. The summed E-state index contributed by atoms with van der Waals surface area (Å²) in [5.41, 5.74) is 6.53. The first-order valence-electron chi connectivity index (χ1n) is 12.0. The summed E-state index contributed by atoms with van der Waals surface area (Å²) in [6, 6.07) is 22.1. The van der Waals surface area contributed by atoms with Gasteiger partial charge in [0.1, 0.15) is 5.58 Å². The molecule has 2 aromatic carbocycles. The molecule has 0 unspecified atom stereocenters. The Morgan fingerprint density at radius 2 is 1.74 bits per heavy atom. The van der Waals surface area contributed by atoms with Crippen molar-refractivity contribution < 1.29 is 8.53 Å². The van der Waals surface area contributed by atoms with Crippen molar-refractivity contribution in [2.45, 2.75) is 39.5 Å². The van der Waals surface area contributed by atoms with E-state index in [1.54, 1.807) is 12.1 Å². The molecule has 0 bridgehead atoms. The predicted molar refractivity (Wildman–Crippen MR) is 127 cm³/mol. The standard InChI is InChI=1S/C28H26N2O/c1-18-8-13-23-22-6-5-7-24(26(22)31-27(23)30-18)25-17-20(14-15-29-25)16-19-9-11-21(12-10-19)28(2,3)4/h5-15,17H,16H2,1-4H3/i1D3. The SMILES string of the molecule is [2H]C([2H])([2H])c1ccc2c(n1)oc1c(-c3cc(Cc4ccc(C(C)(C)C)cc4)ccn3)cccc12. The third-order valence-corrected chi connectivity index (χ3v) is 5.69. The highest BCUT2D eigenvalue weighted by Gasteiger charge is 2.15. The van der Waals surface area contributed by atoms with Crippen LogP contribution in [0.2, 0.25) is 0 Å². The highest BCUT2D eigenvalue weighted by Crippen LogP contribution is 2.34. The Balaban J connectivity index is 1.52. The van der Waals surface area contributed by atoms with E-state index in [4.69, 9.17) is 8.53 Å². The van der Waals surface area contributed by atoms with Crippen LogP contribution in [-0.2, 0) is 11.8 Å². The summed E-state index contributed by atoms with van der Waals surface area (Å²) in [5, 5.41) is 1.68. The van der Waals surface area contributed by atoms with Gasteiger partial charge in [0.05, 0.1) is 5.69 Å². The number of aryl methyl sites for hydroxylation is 1. The molecule has 0 amide bonds. The van der Waals surface area contributed by atoms with Crippen LogP contribution in [0.3, 0.4) is 0 Å². The lowest BCUT2D eigenvalue weighted by molar-refractivity contribution is 0.590. The summed E-state index contributed by atoms with van der Waals surface area (Å²) in [6.07, 6.45) is 2.63. The smallest absolute Gasteiger partial charge is 0.227 e. The van der Waals surface area contributed by atoms with Gasteiger partial charge in [0.15, 0.2) is 0 Å². The molecule has 0 spiro atoms. The number of aromatic nitrogens is 2. The van der Waals surface area contributed by atoms with Crippen LogP contribution in [0.1, 0.15) is 47.3 Å². The summed E-state index contributed by atoms with van der Waals surface area (Å²) in [4.78, 5) is 8.87. The van der Waals surface area contributed by atoms with Crippen LogP contribution >= 0.6 is 0 Å². The fraction of sp³-hybridized carbons (Fsp3) is 0.214. The van der Waals surface area contributed by atoms with Crippen LogP contribution in [0.4, 0.5) is 0 Å². The Bertz CT molecular complexity index is 1490.